The van der Waals surface area contributed by atoms with Crippen molar-refractivity contribution in [3.8, 4) is 0 Å². The molecule has 0 saturated carbocycles. The Hall–Kier alpha value is -0.990. The molecule has 1 aromatic heterocycles. The Balaban J connectivity index is 2.25. The molecule has 2 rings (SSSR count). The van der Waals surface area contributed by atoms with Crippen molar-refractivity contribution in [2.45, 2.75) is 32.4 Å². The van der Waals surface area contributed by atoms with Crippen molar-refractivity contribution >= 4 is 33.3 Å². The molecular weight excluding hydrogens is 348 g/mol. The fourth-order valence-corrected chi connectivity index (χ4v) is 2.90. The molecule has 0 bridgehead atoms. The molecule has 2 unspecified atom stereocenters. The maximum absolute atomic E-state index is 12.1. The van der Waals surface area contributed by atoms with Crippen molar-refractivity contribution in [2.75, 3.05) is 6.61 Å². The molecule has 2 atom stereocenters. The number of pyridine rings is 1. The Bertz CT molecular complexity index is 547. The smallest absolute Gasteiger partial charge is 0.424 e. The van der Waals surface area contributed by atoms with Crippen molar-refractivity contribution in [3.05, 3.63) is 28.5 Å². The Labute approximate surface area is 128 Å². The van der Waals surface area contributed by atoms with Crippen molar-refractivity contribution < 1.29 is 17.9 Å². The van der Waals surface area contributed by atoms with Gasteiger partial charge in [-0.05, 0) is 32.9 Å². The lowest BCUT2D eigenvalue weighted by atomic mass is 10.2. The van der Waals surface area contributed by atoms with E-state index in [2.05, 4.69) is 20.9 Å². The van der Waals surface area contributed by atoms with Crippen LogP contribution < -0.4 is 0 Å². The van der Waals surface area contributed by atoms with Gasteiger partial charge in [0.2, 0.25) is 0 Å². The summed E-state index contributed by atoms with van der Waals surface area (Å²) in [5.74, 6) is 0. The van der Waals surface area contributed by atoms with Gasteiger partial charge in [0.05, 0.1) is 12.3 Å². The zero-order valence-electron chi connectivity index (χ0n) is 11.3. The largest absolute Gasteiger partial charge is 0.443 e. The normalized spacial score (nSPS) is 22.9. The molecule has 6 nitrogen and oxygen atoms in total. The van der Waals surface area contributed by atoms with Crippen molar-refractivity contribution in [3.63, 3.8) is 0 Å². The summed E-state index contributed by atoms with van der Waals surface area (Å²) in [7, 11) is 0. The number of rotatable bonds is 1. The maximum atomic E-state index is 12.1. The summed E-state index contributed by atoms with van der Waals surface area (Å²) >= 11 is 1.48. The van der Waals surface area contributed by atoms with Gasteiger partial charge in [0.25, 0.3) is 11.3 Å². The van der Waals surface area contributed by atoms with Crippen LogP contribution in [-0.4, -0.2) is 31.8 Å². The van der Waals surface area contributed by atoms with E-state index in [9.17, 15) is 9.00 Å². The van der Waals surface area contributed by atoms with Gasteiger partial charge in [-0.2, -0.15) is 4.31 Å². The summed E-state index contributed by atoms with van der Waals surface area (Å²) in [6.07, 6.45) is 0.925. The molecule has 1 fully saturated rings. The molecule has 1 aliphatic rings. The molecule has 0 aromatic carbocycles. The highest BCUT2D eigenvalue weighted by molar-refractivity contribution is 9.10. The van der Waals surface area contributed by atoms with Gasteiger partial charge in [-0.25, -0.2) is 9.00 Å². The molecule has 1 saturated heterocycles. The number of carbonyl (C=O) groups is 1. The zero-order chi connectivity index (χ0) is 14.9. The SMILES string of the molecule is CC(C)(C)OC(=O)N1C(c2cc(Br)ccn2)COS1=O. The molecule has 1 aliphatic heterocycles. The molecule has 0 aliphatic carbocycles. The summed E-state index contributed by atoms with van der Waals surface area (Å²) in [5.41, 5.74) is -0.0739. The number of ether oxygens (including phenoxy) is 1. The van der Waals surface area contributed by atoms with Gasteiger partial charge in [-0.3, -0.25) is 9.17 Å². The van der Waals surface area contributed by atoms with Crippen LogP contribution in [-0.2, 0) is 20.2 Å². The predicted molar refractivity (Wildman–Crippen MR) is 76.8 cm³/mol. The minimum Gasteiger partial charge on any atom is -0.443 e. The molecular formula is C12H15BrN2O4S. The summed E-state index contributed by atoms with van der Waals surface area (Å²) in [6.45, 7) is 5.36. The Kier molecular flexibility index (Phi) is 4.46. The number of carbonyl (C=O) groups excluding carboxylic acids is 1. The molecule has 0 spiro atoms. The second kappa shape index (κ2) is 5.79. The van der Waals surface area contributed by atoms with Gasteiger partial charge >= 0.3 is 6.09 Å². The third kappa shape index (κ3) is 3.56. The molecule has 0 radical (unpaired) electrons. The highest BCUT2D eigenvalue weighted by Crippen LogP contribution is 2.30. The minimum absolute atomic E-state index is 0.120. The molecule has 0 N–H and O–H groups in total. The van der Waals surface area contributed by atoms with Gasteiger partial charge in [-0.1, -0.05) is 15.9 Å². The van der Waals surface area contributed by atoms with Crippen LogP contribution in [0.4, 0.5) is 4.79 Å². The molecule has 8 heteroatoms. The third-order valence-electron chi connectivity index (χ3n) is 2.43. The van der Waals surface area contributed by atoms with Crippen molar-refractivity contribution in [2.24, 2.45) is 0 Å². The zero-order valence-corrected chi connectivity index (χ0v) is 13.7. The van der Waals surface area contributed by atoms with Crippen LogP contribution in [0.2, 0.25) is 0 Å². The number of halogens is 1. The fourth-order valence-electron chi connectivity index (χ4n) is 1.65. The summed E-state index contributed by atoms with van der Waals surface area (Å²) in [4.78, 5) is 16.3. The third-order valence-corrected chi connectivity index (χ3v) is 3.98. The van der Waals surface area contributed by atoms with Crippen LogP contribution in [0.1, 0.15) is 32.5 Å². The standard InChI is InChI=1S/C12H15BrN2O4S/c1-12(2,3)19-11(16)15-10(7-18-20(15)17)9-6-8(13)4-5-14-9/h4-6,10H,7H2,1-3H3. The van der Waals surface area contributed by atoms with E-state index in [-0.39, 0.29) is 6.61 Å². The van der Waals surface area contributed by atoms with E-state index < -0.39 is 29.0 Å². The van der Waals surface area contributed by atoms with Crippen LogP contribution >= 0.6 is 15.9 Å². The minimum atomic E-state index is -1.86. The Morgan fingerprint density at radius 2 is 2.30 bits per heavy atom. The second-order valence-corrected chi connectivity index (χ2v) is 7.20. The number of hydrogen-bond donors (Lipinski definition) is 0. The van der Waals surface area contributed by atoms with E-state index in [0.717, 1.165) is 8.78 Å². The van der Waals surface area contributed by atoms with E-state index in [0.29, 0.717) is 5.69 Å². The first-order chi connectivity index (χ1) is 9.28. The highest BCUT2D eigenvalue weighted by Gasteiger charge is 2.41. The average Bonchev–Trinajstić information content (AvgIpc) is 2.69. The lowest BCUT2D eigenvalue weighted by Crippen LogP contribution is -2.37. The lowest BCUT2D eigenvalue weighted by molar-refractivity contribution is 0.0359. The van der Waals surface area contributed by atoms with Crippen LogP contribution in [0.25, 0.3) is 0 Å². The first-order valence-electron chi connectivity index (χ1n) is 5.97. The van der Waals surface area contributed by atoms with E-state index in [1.165, 1.54) is 0 Å². The van der Waals surface area contributed by atoms with Crippen molar-refractivity contribution in [1.29, 1.82) is 0 Å². The number of hydrogen-bond acceptors (Lipinski definition) is 5. The first kappa shape index (κ1) is 15.4. The lowest BCUT2D eigenvalue weighted by Gasteiger charge is -2.25. The average molecular weight is 363 g/mol. The van der Waals surface area contributed by atoms with E-state index in [1.54, 1.807) is 39.1 Å². The topological polar surface area (TPSA) is 68.7 Å². The van der Waals surface area contributed by atoms with Crippen molar-refractivity contribution in [1.82, 2.24) is 9.29 Å². The Morgan fingerprint density at radius 3 is 2.90 bits per heavy atom. The van der Waals surface area contributed by atoms with Gasteiger partial charge in [0, 0.05) is 10.7 Å². The molecule has 1 amide bonds. The van der Waals surface area contributed by atoms with Crippen LogP contribution in [0.5, 0.6) is 0 Å². The van der Waals surface area contributed by atoms with Crippen LogP contribution in [0.3, 0.4) is 0 Å². The molecule has 2 heterocycles. The molecule has 20 heavy (non-hydrogen) atoms. The first-order valence-corrected chi connectivity index (χ1v) is 7.79. The summed E-state index contributed by atoms with van der Waals surface area (Å²) < 4.78 is 24.0. The number of aromatic nitrogens is 1. The van der Waals surface area contributed by atoms with Gasteiger partial charge in [0.1, 0.15) is 11.6 Å². The monoisotopic (exact) mass is 362 g/mol. The quantitative estimate of drug-likeness (QED) is 0.768. The van der Waals surface area contributed by atoms with E-state index in [4.69, 9.17) is 8.92 Å². The van der Waals surface area contributed by atoms with Gasteiger partial charge < -0.3 is 4.74 Å². The number of nitrogens with zero attached hydrogens (tertiary/aromatic N) is 2. The number of amides is 1. The highest BCUT2D eigenvalue weighted by atomic mass is 79.9. The van der Waals surface area contributed by atoms with Crippen LogP contribution in [0, 0.1) is 0 Å². The summed E-state index contributed by atoms with van der Waals surface area (Å²) in [5, 5.41) is 0. The van der Waals surface area contributed by atoms with E-state index >= 15 is 0 Å². The van der Waals surface area contributed by atoms with Gasteiger partial charge in [-0.15, -0.1) is 0 Å². The van der Waals surface area contributed by atoms with Gasteiger partial charge in [0.15, 0.2) is 0 Å². The second-order valence-electron chi connectivity index (χ2n) is 5.22. The molecule has 110 valence electrons. The Morgan fingerprint density at radius 1 is 1.60 bits per heavy atom. The molecule has 1 aromatic rings. The van der Waals surface area contributed by atoms with Crippen LogP contribution in [0.15, 0.2) is 22.8 Å². The van der Waals surface area contributed by atoms with E-state index in [1.807, 2.05) is 0 Å². The maximum Gasteiger partial charge on any atom is 0.424 e. The predicted octanol–water partition coefficient (Wildman–Crippen LogP) is 2.73. The summed E-state index contributed by atoms with van der Waals surface area (Å²) in [6, 6.07) is 3.00. The fraction of sp³-hybridized carbons (Fsp3) is 0.500.